The van der Waals surface area contributed by atoms with E-state index in [1.54, 1.807) is 0 Å². The SMILES string of the molecule is Cc1ccc(-c2cn(C)c3cc(C)ccc3c2=O)cc1. The largest absolute Gasteiger partial charge is 0.350 e. The molecule has 0 fully saturated rings. The van der Waals surface area contributed by atoms with Gasteiger partial charge in [0.1, 0.15) is 0 Å². The van der Waals surface area contributed by atoms with Gasteiger partial charge in [-0.3, -0.25) is 4.79 Å². The molecule has 0 bridgehead atoms. The van der Waals surface area contributed by atoms with Gasteiger partial charge in [0.15, 0.2) is 5.43 Å². The number of hydrogen-bond acceptors (Lipinski definition) is 1. The molecule has 100 valence electrons. The topological polar surface area (TPSA) is 22.0 Å². The average molecular weight is 263 g/mol. The molecule has 3 aromatic rings. The predicted octanol–water partition coefficient (Wildman–Crippen LogP) is 3.82. The van der Waals surface area contributed by atoms with Crippen LogP contribution in [-0.2, 0) is 7.05 Å². The summed E-state index contributed by atoms with van der Waals surface area (Å²) in [6, 6.07) is 14.0. The van der Waals surface area contributed by atoms with E-state index in [4.69, 9.17) is 0 Å². The van der Waals surface area contributed by atoms with Gasteiger partial charge in [0.05, 0.1) is 5.52 Å². The number of pyridine rings is 1. The second-order valence-electron chi connectivity index (χ2n) is 5.37. The number of rotatable bonds is 1. The van der Waals surface area contributed by atoms with Crippen molar-refractivity contribution in [2.24, 2.45) is 7.05 Å². The van der Waals surface area contributed by atoms with Gasteiger partial charge in [0.25, 0.3) is 0 Å². The molecule has 0 unspecified atom stereocenters. The Bertz CT molecular complexity index is 842. The zero-order valence-corrected chi connectivity index (χ0v) is 12.0. The minimum Gasteiger partial charge on any atom is -0.350 e. The number of nitrogens with zero attached hydrogens (tertiary/aromatic N) is 1. The minimum absolute atomic E-state index is 0.0990. The van der Waals surface area contributed by atoms with Crippen molar-refractivity contribution in [2.45, 2.75) is 13.8 Å². The van der Waals surface area contributed by atoms with E-state index >= 15 is 0 Å². The Labute approximate surface area is 118 Å². The molecule has 2 nitrogen and oxygen atoms in total. The van der Waals surface area contributed by atoms with E-state index in [1.165, 1.54) is 5.56 Å². The van der Waals surface area contributed by atoms with Crippen LogP contribution in [0.5, 0.6) is 0 Å². The summed E-state index contributed by atoms with van der Waals surface area (Å²) in [5, 5.41) is 0.774. The summed E-state index contributed by atoms with van der Waals surface area (Å²) in [6.07, 6.45) is 1.93. The fourth-order valence-corrected chi connectivity index (χ4v) is 2.53. The molecule has 0 radical (unpaired) electrons. The highest BCUT2D eigenvalue weighted by atomic mass is 16.1. The lowest BCUT2D eigenvalue weighted by Gasteiger charge is -2.10. The highest BCUT2D eigenvalue weighted by Crippen LogP contribution is 2.20. The smallest absolute Gasteiger partial charge is 0.197 e. The minimum atomic E-state index is 0.0990. The molecule has 2 aromatic carbocycles. The number of aryl methyl sites for hydroxylation is 3. The molecule has 0 N–H and O–H groups in total. The van der Waals surface area contributed by atoms with Crippen LogP contribution >= 0.6 is 0 Å². The first kappa shape index (κ1) is 12.7. The van der Waals surface area contributed by atoms with Crippen LogP contribution in [0.4, 0.5) is 0 Å². The van der Waals surface area contributed by atoms with Crippen molar-refractivity contribution in [2.75, 3.05) is 0 Å². The van der Waals surface area contributed by atoms with E-state index in [1.807, 2.05) is 68.1 Å². The van der Waals surface area contributed by atoms with Crippen LogP contribution in [0.15, 0.2) is 53.5 Å². The molecule has 2 heteroatoms. The highest BCUT2D eigenvalue weighted by molar-refractivity contribution is 5.84. The van der Waals surface area contributed by atoms with E-state index in [2.05, 4.69) is 6.07 Å². The van der Waals surface area contributed by atoms with Gasteiger partial charge in [0, 0.05) is 24.2 Å². The summed E-state index contributed by atoms with van der Waals surface area (Å²) in [5.41, 5.74) is 5.16. The van der Waals surface area contributed by atoms with Gasteiger partial charge in [-0.1, -0.05) is 35.9 Å². The molecule has 1 aromatic heterocycles. The maximum Gasteiger partial charge on any atom is 0.197 e. The lowest BCUT2D eigenvalue weighted by Crippen LogP contribution is -2.10. The molecule has 0 aliphatic rings. The molecule has 0 saturated heterocycles. The summed E-state index contributed by atoms with van der Waals surface area (Å²) in [7, 11) is 1.99. The molecule has 0 saturated carbocycles. The normalized spacial score (nSPS) is 10.9. The van der Waals surface area contributed by atoms with Crippen LogP contribution in [-0.4, -0.2) is 4.57 Å². The Morgan fingerprint density at radius 2 is 1.55 bits per heavy atom. The third-order valence-electron chi connectivity index (χ3n) is 3.71. The third kappa shape index (κ3) is 2.03. The molecular formula is C18H17NO. The van der Waals surface area contributed by atoms with E-state index in [9.17, 15) is 4.79 Å². The molecule has 0 aliphatic heterocycles. The Morgan fingerprint density at radius 3 is 2.25 bits per heavy atom. The molecule has 0 spiro atoms. The van der Waals surface area contributed by atoms with Gasteiger partial charge in [0.2, 0.25) is 0 Å². The highest BCUT2D eigenvalue weighted by Gasteiger charge is 2.09. The van der Waals surface area contributed by atoms with Crippen molar-refractivity contribution in [3.8, 4) is 11.1 Å². The van der Waals surface area contributed by atoms with Crippen molar-refractivity contribution >= 4 is 10.9 Å². The lowest BCUT2D eigenvalue weighted by atomic mass is 10.0. The summed E-state index contributed by atoms with van der Waals surface area (Å²) in [4.78, 5) is 12.7. The number of aromatic nitrogens is 1. The Kier molecular flexibility index (Phi) is 2.94. The van der Waals surface area contributed by atoms with Crippen LogP contribution in [0, 0.1) is 13.8 Å². The van der Waals surface area contributed by atoms with E-state index in [0.29, 0.717) is 0 Å². The second kappa shape index (κ2) is 4.64. The van der Waals surface area contributed by atoms with Crippen molar-refractivity contribution in [1.82, 2.24) is 4.57 Å². The zero-order valence-electron chi connectivity index (χ0n) is 12.0. The fraction of sp³-hybridized carbons (Fsp3) is 0.167. The van der Waals surface area contributed by atoms with Crippen LogP contribution in [0.1, 0.15) is 11.1 Å². The monoisotopic (exact) mass is 263 g/mol. The molecule has 0 atom stereocenters. The number of hydrogen-bond donors (Lipinski definition) is 0. The number of benzene rings is 2. The Morgan fingerprint density at radius 1 is 0.900 bits per heavy atom. The standard InChI is InChI=1S/C18H17NO/c1-12-4-7-14(8-5-12)16-11-19(3)17-10-13(2)6-9-15(17)18(16)20/h4-11H,1-3H3. The van der Waals surface area contributed by atoms with E-state index < -0.39 is 0 Å². The van der Waals surface area contributed by atoms with Gasteiger partial charge in [-0.05, 0) is 37.1 Å². The van der Waals surface area contributed by atoms with Gasteiger partial charge in [-0.2, -0.15) is 0 Å². The van der Waals surface area contributed by atoms with Crippen molar-refractivity contribution < 1.29 is 0 Å². The third-order valence-corrected chi connectivity index (χ3v) is 3.71. The Balaban J connectivity index is 2.33. The van der Waals surface area contributed by atoms with Crippen LogP contribution in [0.3, 0.4) is 0 Å². The fourth-order valence-electron chi connectivity index (χ4n) is 2.53. The van der Waals surface area contributed by atoms with Crippen molar-refractivity contribution in [3.05, 3.63) is 70.0 Å². The van der Waals surface area contributed by atoms with Crippen molar-refractivity contribution in [1.29, 1.82) is 0 Å². The van der Waals surface area contributed by atoms with Gasteiger partial charge < -0.3 is 4.57 Å². The zero-order chi connectivity index (χ0) is 14.3. The van der Waals surface area contributed by atoms with Crippen molar-refractivity contribution in [3.63, 3.8) is 0 Å². The average Bonchev–Trinajstić information content (AvgIpc) is 2.44. The second-order valence-corrected chi connectivity index (χ2v) is 5.37. The molecule has 1 heterocycles. The maximum atomic E-state index is 12.7. The first-order chi connectivity index (χ1) is 9.56. The van der Waals surface area contributed by atoms with Crippen LogP contribution in [0.25, 0.3) is 22.0 Å². The van der Waals surface area contributed by atoms with Gasteiger partial charge >= 0.3 is 0 Å². The van der Waals surface area contributed by atoms with Crippen LogP contribution in [0.2, 0.25) is 0 Å². The molecule has 0 amide bonds. The maximum absolute atomic E-state index is 12.7. The molecule has 0 aliphatic carbocycles. The first-order valence-corrected chi connectivity index (χ1v) is 6.73. The van der Waals surface area contributed by atoms with E-state index in [0.717, 1.165) is 27.6 Å². The van der Waals surface area contributed by atoms with Gasteiger partial charge in [-0.25, -0.2) is 0 Å². The Hall–Kier alpha value is -2.35. The summed E-state index contributed by atoms with van der Waals surface area (Å²) < 4.78 is 2.03. The lowest BCUT2D eigenvalue weighted by molar-refractivity contribution is 0.951. The summed E-state index contributed by atoms with van der Waals surface area (Å²) in [5.74, 6) is 0. The first-order valence-electron chi connectivity index (χ1n) is 6.73. The van der Waals surface area contributed by atoms with Gasteiger partial charge in [-0.15, -0.1) is 0 Å². The van der Waals surface area contributed by atoms with E-state index in [-0.39, 0.29) is 5.43 Å². The molecule has 3 rings (SSSR count). The predicted molar refractivity (Wildman–Crippen MR) is 84.1 cm³/mol. The summed E-state index contributed by atoms with van der Waals surface area (Å²) >= 11 is 0. The molecular weight excluding hydrogens is 246 g/mol. The quantitative estimate of drug-likeness (QED) is 0.654. The summed E-state index contributed by atoms with van der Waals surface area (Å²) in [6.45, 7) is 4.09. The number of fused-ring (bicyclic) bond motifs is 1. The van der Waals surface area contributed by atoms with Crippen LogP contribution < -0.4 is 5.43 Å². The molecule has 20 heavy (non-hydrogen) atoms.